The molecule has 5 fully saturated rings. The zero-order chi connectivity index (χ0) is 31.5. The van der Waals surface area contributed by atoms with Crippen LogP contribution >= 0.6 is 11.8 Å². The molecule has 2 aliphatic heterocycles. The molecule has 0 bridgehead atoms. The molecular weight excluding hydrogens is 584 g/mol. The molecule has 1 aromatic carbocycles. The maximum Gasteiger partial charge on any atom is 0.171 e. The van der Waals surface area contributed by atoms with Crippen LogP contribution in [-0.4, -0.2) is 66.2 Å². The lowest BCUT2D eigenvalue weighted by molar-refractivity contribution is -0.322. The number of thioether (sulfide) groups is 1. The van der Waals surface area contributed by atoms with Crippen molar-refractivity contribution in [2.45, 2.75) is 125 Å². The Balaban J connectivity index is 1.21. The van der Waals surface area contributed by atoms with Crippen LogP contribution in [0.3, 0.4) is 0 Å². The van der Waals surface area contributed by atoms with Crippen molar-refractivity contribution in [3.63, 3.8) is 0 Å². The predicted octanol–water partition coefficient (Wildman–Crippen LogP) is 6.98. The van der Waals surface area contributed by atoms with Crippen molar-refractivity contribution in [1.29, 1.82) is 0 Å². The molecule has 2 saturated heterocycles. The van der Waals surface area contributed by atoms with Crippen molar-refractivity contribution in [3.05, 3.63) is 41.0 Å². The molecule has 7 rings (SSSR count). The van der Waals surface area contributed by atoms with Crippen LogP contribution in [-0.2, 0) is 18.9 Å². The zero-order valence-electron chi connectivity index (χ0n) is 27.7. The van der Waals surface area contributed by atoms with Crippen LogP contribution in [0.1, 0.15) is 103 Å². The lowest BCUT2D eigenvalue weighted by Gasteiger charge is -2.58. The standard InChI is InChI=1S/C38H52O6S/c1-34(2)24-43-38(44-25-34)19-15-31-33-28(13-17-36(31,39)23-38)30-14-18-37(40,16-7-21-42-32-8-5-6-20-41-32)35(30,3)22-29(33)26-9-11-27(45-4)12-10-26/h9-12,28-30,32,39-40H,5-6,8,13-15,17-25H2,1-4H3/t28-,29+,30-,32?,35-,36+,37-/m0/s1. The Kier molecular flexibility index (Phi) is 8.55. The highest BCUT2D eigenvalue weighted by Crippen LogP contribution is 2.68. The molecule has 246 valence electrons. The second kappa shape index (κ2) is 11.9. The summed E-state index contributed by atoms with van der Waals surface area (Å²) in [5.41, 5.74) is 1.55. The van der Waals surface area contributed by atoms with Gasteiger partial charge in [0.2, 0.25) is 0 Å². The summed E-state index contributed by atoms with van der Waals surface area (Å²) in [7, 11) is 0. The smallest absolute Gasteiger partial charge is 0.171 e. The van der Waals surface area contributed by atoms with Crippen LogP contribution in [0.25, 0.3) is 0 Å². The molecule has 0 aromatic heterocycles. The molecule has 0 radical (unpaired) electrons. The van der Waals surface area contributed by atoms with Gasteiger partial charge in [-0.15, -0.1) is 11.8 Å². The van der Waals surface area contributed by atoms with E-state index in [2.05, 4.69) is 63.1 Å². The maximum atomic E-state index is 12.5. The van der Waals surface area contributed by atoms with E-state index in [-0.39, 0.29) is 29.6 Å². The molecule has 1 unspecified atom stereocenters. The molecule has 1 spiro atoms. The fourth-order valence-corrected chi connectivity index (χ4v) is 10.2. The highest BCUT2D eigenvalue weighted by molar-refractivity contribution is 7.98. The number of ether oxygens (including phenoxy) is 4. The molecule has 7 heteroatoms. The van der Waals surface area contributed by atoms with Crippen molar-refractivity contribution in [2.75, 3.05) is 32.7 Å². The highest BCUT2D eigenvalue weighted by atomic mass is 32.2. The Morgan fingerprint density at radius 1 is 0.978 bits per heavy atom. The third-order valence-electron chi connectivity index (χ3n) is 12.3. The van der Waals surface area contributed by atoms with Crippen molar-refractivity contribution in [3.8, 4) is 11.8 Å². The van der Waals surface area contributed by atoms with Crippen LogP contribution in [0.15, 0.2) is 40.3 Å². The molecule has 1 aromatic rings. The normalized spacial score (nSPS) is 40.2. The number of allylic oxidation sites excluding steroid dienone is 1. The molecular formula is C38H52O6S. The molecule has 2 heterocycles. The number of benzene rings is 1. The van der Waals surface area contributed by atoms with Crippen molar-refractivity contribution in [2.24, 2.45) is 22.7 Å². The van der Waals surface area contributed by atoms with Crippen molar-refractivity contribution in [1.82, 2.24) is 0 Å². The summed E-state index contributed by atoms with van der Waals surface area (Å²) in [6.07, 6.45) is 11.1. The largest absolute Gasteiger partial charge is 0.385 e. The van der Waals surface area contributed by atoms with Crippen LogP contribution in [0.2, 0.25) is 0 Å². The highest BCUT2D eigenvalue weighted by Gasteiger charge is 2.64. The SMILES string of the molecule is CSc1ccc([C@H]2C[C@@]3(C)[C@@H](CC[C@@]3(O)C#CCOC3CCCCO3)[C@@H]3CC[C@@]4(O)CC5(CCC4=C32)OCC(C)(C)CO5)cc1. The maximum absolute atomic E-state index is 12.5. The zero-order valence-corrected chi connectivity index (χ0v) is 28.5. The van der Waals surface area contributed by atoms with Gasteiger partial charge in [0.05, 0.1) is 18.8 Å². The Morgan fingerprint density at radius 2 is 1.76 bits per heavy atom. The summed E-state index contributed by atoms with van der Waals surface area (Å²) in [6, 6.07) is 8.98. The van der Waals surface area contributed by atoms with E-state index < -0.39 is 17.0 Å². The third kappa shape index (κ3) is 5.75. The van der Waals surface area contributed by atoms with Gasteiger partial charge in [0.25, 0.3) is 0 Å². The molecule has 7 atom stereocenters. The second-order valence-corrected chi connectivity index (χ2v) is 16.7. The fraction of sp³-hybridized carbons (Fsp3) is 0.737. The van der Waals surface area contributed by atoms with Crippen LogP contribution in [0, 0.1) is 34.5 Å². The number of aliphatic hydroxyl groups is 2. The third-order valence-corrected chi connectivity index (χ3v) is 13.1. The van der Waals surface area contributed by atoms with Crippen LogP contribution in [0.4, 0.5) is 0 Å². The van der Waals surface area contributed by atoms with E-state index in [9.17, 15) is 10.2 Å². The first-order valence-electron chi connectivity index (χ1n) is 17.3. The monoisotopic (exact) mass is 636 g/mol. The number of hydrogen-bond donors (Lipinski definition) is 2. The van der Waals surface area contributed by atoms with E-state index in [1.165, 1.54) is 21.6 Å². The molecule has 45 heavy (non-hydrogen) atoms. The average molecular weight is 637 g/mol. The quantitative estimate of drug-likeness (QED) is 0.210. The van der Waals surface area contributed by atoms with Gasteiger partial charge < -0.3 is 29.2 Å². The summed E-state index contributed by atoms with van der Waals surface area (Å²) < 4.78 is 24.5. The minimum atomic E-state index is -1.08. The lowest BCUT2D eigenvalue weighted by atomic mass is 9.49. The first-order valence-corrected chi connectivity index (χ1v) is 18.5. The van der Waals surface area contributed by atoms with E-state index in [0.29, 0.717) is 44.3 Å². The number of fused-ring (bicyclic) bond motifs is 4. The van der Waals surface area contributed by atoms with Gasteiger partial charge in [0, 0.05) is 41.1 Å². The Bertz CT molecular complexity index is 1340. The summed E-state index contributed by atoms with van der Waals surface area (Å²) in [4.78, 5) is 1.24. The molecule has 6 aliphatic rings. The van der Waals surface area contributed by atoms with Gasteiger partial charge in [-0.2, -0.15) is 0 Å². The van der Waals surface area contributed by atoms with Crippen LogP contribution in [0.5, 0.6) is 0 Å². The fourth-order valence-electron chi connectivity index (χ4n) is 9.76. The van der Waals surface area contributed by atoms with Crippen molar-refractivity contribution >= 4 is 11.8 Å². The van der Waals surface area contributed by atoms with Crippen LogP contribution < -0.4 is 0 Å². The van der Waals surface area contributed by atoms with E-state index >= 15 is 0 Å². The van der Waals surface area contributed by atoms with Gasteiger partial charge in [-0.25, -0.2) is 0 Å². The minimum absolute atomic E-state index is 0.00986. The summed E-state index contributed by atoms with van der Waals surface area (Å²) in [5, 5.41) is 24.8. The second-order valence-electron chi connectivity index (χ2n) is 15.8. The summed E-state index contributed by atoms with van der Waals surface area (Å²) >= 11 is 1.75. The molecule has 6 nitrogen and oxygen atoms in total. The van der Waals surface area contributed by atoms with Gasteiger partial charge in [-0.1, -0.05) is 50.3 Å². The predicted molar refractivity (Wildman–Crippen MR) is 176 cm³/mol. The van der Waals surface area contributed by atoms with E-state index in [1.54, 1.807) is 11.8 Å². The van der Waals surface area contributed by atoms with Crippen molar-refractivity contribution < 1.29 is 29.2 Å². The van der Waals surface area contributed by atoms with Gasteiger partial charge >= 0.3 is 0 Å². The number of rotatable bonds is 4. The lowest BCUT2D eigenvalue weighted by Crippen LogP contribution is -2.58. The van der Waals surface area contributed by atoms with Gasteiger partial charge in [-0.3, -0.25) is 0 Å². The van der Waals surface area contributed by atoms with E-state index in [1.807, 2.05) is 0 Å². The summed E-state index contributed by atoms with van der Waals surface area (Å²) in [5.74, 6) is 6.62. The topological polar surface area (TPSA) is 77.4 Å². The van der Waals surface area contributed by atoms with Gasteiger partial charge in [0.1, 0.15) is 12.2 Å². The Morgan fingerprint density at radius 3 is 2.47 bits per heavy atom. The van der Waals surface area contributed by atoms with Gasteiger partial charge in [-0.05, 0) is 99.1 Å². The molecule has 4 aliphatic carbocycles. The number of hydrogen-bond acceptors (Lipinski definition) is 7. The first kappa shape index (κ1) is 32.2. The summed E-state index contributed by atoms with van der Waals surface area (Å²) in [6.45, 7) is 8.97. The minimum Gasteiger partial charge on any atom is -0.385 e. The first-order chi connectivity index (χ1) is 21.5. The Hall–Kier alpha value is -1.37. The molecule has 0 amide bonds. The average Bonchev–Trinajstić information content (AvgIpc) is 3.30. The molecule has 3 saturated carbocycles. The van der Waals surface area contributed by atoms with E-state index in [0.717, 1.165) is 58.0 Å². The van der Waals surface area contributed by atoms with Gasteiger partial charge in [0.15, 0.2) is 12.1 Å². The van der Waals surface area contributed by atoms with E-state index in [4.69, 9.17) is 18.9 Å². The Labute approximate surface area is 274 Å². The molecule has 2 N–H and O–H groups in total.